The minimum absolute atomic E-state index is 0.182. The summed E-state index contributed by atoms with van der Waals surface area (Å²) in [6.07, 6.45) is 3.68. The number of hydrogen-bond donors (Lipinski definition) is 2. The molecule has 5 heteroatoms. The van der Waals surface area contributed by atoms with Crippen LogP contribution in [-0.4, -0.2) is 23.3 Å². The van der Waals surface area contributed by atoms with Crippen molar-refractivity contribution >= 4 is 5.97 Å². The number of H-pyrrole nitrogens is 1. The third kappa shape index (κ3) is 2.85. The lowest BCUT2D eigenvalue weighted by Crippen LogP contribution is -2.03. The number of nitrogens with one attached hydrogen (secondary N) is 1. The highest BCUT2D eigenvalue weighted by atomic mass is 16.5. The van der Waals surface area contributed by atoms with Gasteiger partial charge in [0.15, 0.2) is 0 Å². The average Bonchev–Trinajstić information content (AvgIpc) is 2.65. The van der Waals surface area contributed by atoms with Crippen LogP contribution in [0.3, 0.4) is 0 Å². The van der Waals surface area contributed by atoms with Crippen LogP contribution in [0.15, 0.2) is 6.20 Å². The molecule has 0 aliphatic heterocycles. The zero-order valence-electron chi connectivity index (χ0n) is 8.25. The number of esters is 1. The van der Waals surface area contributed by atoms with Crippen LogP contribution in [0.25, 0.3) is 0 Å². The Morgan fingerprint density at radius 1 is 1.71 bits per heavy atom. The highest BCUT2D eigenvalue weighted by Crippen LogP contribution is 2.07. The van der Waals surface area contributed by atoms with Gasteiger partial charge in [-0.2, -0.15) is 5.10 Å². The van der Waals surface area contributed by atoms with Crippen LogP contribution >= 0.6 is 0 Å². The summed E-state index contributed by atoms with van der Waals surface area (Å²) in [4.78, 5) is 10.8. The van der Waals surface area contributed by atoms with Gasteiger partial charge in [0.25, 0.3) is 0 Å². The maximum absolute atomic E-state index is 10.8. The number of aryl methyl sites for hydroxylation is 1. The Kier molecular flexibility index (Phi) is 4.12. The van der Waals surface area contributed by atoms with Crippen LogP contribution in [0.4, 0.5) is 0 Å². The molecule has 1 aromatic heterocycles. The van der Waals surface area contributed by atoms with Crippen LogP contribution in [-0.2, 0) is 22.5 Å². The van der Waals surface area contributed by atoms with Gasteiger partial charge in [0.05, 0.1) is 13.3 Å². The van der Waals surface area contributed by atoms with Gasteiger partial charge >= 0.3 is 5.97 Å². The molecule has 0 radical (unpaired) electrons. The molecule has 1 rings (SSSR count). The van der Waals surface area contributed by atoms with Crippen LogP contribution in [0.5, 0.6) is 0 Å². The molecule has 3 N–H and O–H groups in total. The second-order valence-electron chi connectivity index (χ2n) is 3.01. The van der Waals surface area contributed by atoms with Crippen molar-refractivity contribution in [2.45, 2.75) is 25.8 Å². The van der Waals surface area contributed by atoms with Crippen LogP contribution in [0, 0.1) is 0 Å². The molecular formula is C9H15N3O2. The number of aromatic amines is 1. The summed E-state index contributed by atoms with van der Waals surface area (Å²) in [7, 11) is 1.39. The molecule has 0 spiro atoms. The standard InChI is InChI=1S/C9H15N3O2/c1-14-9(13)4-2-3-8-7(5-10)6-11-12-8/h6H,2-5,10H2,1H3,(H,11,12). The summed E-state index contributed by atoms with van der Waals surface area (Å²) in [6.45, 7) is 0.476. The monoisotopic (exact) mass is 197 g/mol. The molecule has 5 nitrogen and oxygen atoms in total. The maximum Gasteiger partial charge on any atom is 0.305 e. The van der Waals surface area contributed by atoms with E-state index >= 15 is 0 Å². The number of carbonyl (C=O) groups excluding carboxylic acids is 1. The van der Waals surface area contributed by atoms with Gasteiger partial charge in [-0.05, 0) is 12.8 Å². The molecule has 78 valence electrons. The number of rotatable bonds is 5. The number of hydrogen-bond acceptors (Lipinski definition) is 4. The normalized spacial score (nSPS) is 10.1. The lowest BCUT2D eigenvalue weighted by atomic mass is 10.1. The van der Waals surface area contributed by atoms with Gasteiger partial charge in [-0.15, -0.1) is 0 Å². The minimum Gasteiger partial charge on any atom is -0.469 e. The van der Waals surface area contributed by atoms with Crippen molar-refractivity contribution in [2.75, 3.05) is 7.11 Å². The number of aromatic nitrogens is 2. The van der Waals surface area contributed by atoms with Crippen molar-refractivity contribution in [1.82, 2.24) is 10.2 Å². The van der Waals surface area contributed by atoms with E-state index in [0.29, 0.717) is 13.0 Å². The summed E-state index contributed by atoms with van der Waals surface area (Å²) in [6, 6.07) is 0. The van der Waals surface area contributed by atoms with Gasteiger partial charge in [-0.1, -0.05) is 0 Å². The first-order valence-corrected chi connectivity index (χ1v) is 4.56. The lowest BCUT2D eigenvalue weighted by molar-refractivity contribution is -0.140. The SMILES string of the molecule is COC(=O)CCCc1[nH]ncc1CN. The molecule has 0 saturated heterocycles. The zero-order valence-corrected chi connectivity index (χ0v) is 8.25. The zero-order chi connectivity index (χ0) is 10.4. The maximum atomic E-state index is 10.8. The highest BCUT2D eigenvalue weighted by molar-refractivity contribution is 5.69. The Labute approximate surface area is 82.6 Å². The van der Waals surface area contributed by atoms with Crippen molar-refractivity contribution in [2.24, 2.45) is 5.73 Å². The van der Waals surface area contributed by atoms with Gasteiger partial charge in [-0.25, -0.2) is 0 Å². The molecule has 1 aromatic rings. The molecule has 0 saturated carbocycles. The number of carbonyl (C=O) groups is 1. The first-order valence-electron chi connectivity index (χ1n) is 4.56. The topological polar surface area (TPSA) is 81.0 Å². The Balaban J connectivity index is 2.34. The second kappa shape index (κ2) is 5.39. The Bertz CT molecular complexity index is 296. The Morgan fingerprint density at radius 3 is 3.14 bits per heavy atom. The molecule has 0 aromatic carbocycles. The van der Waals surface area contributed by atoms with Crippen molar-refractivity contribution in [3.63, 3.8) is 0 Å². The van der Waals surface area contributed by atoms with Crippen LogP contribution < -0.4 is 5.73 Å². The number of methoxy groups -OCH3 is 1. The van der Waals surface area contributed by atoms with E-state index in [2.05, 4.69) is 14.9 Å². The number of nitrogens with zero attached hydrogens (tertiary/aromatic N) is 1. The van der Waals surface area contributed by atoms with E-state index in [1.54, 1.807) is 6.20 Å². The predicted octanol–water partition coefficient (Wildman–Crippen LogP) is 0.364. The quantitative estimate of drug-likeness (QED) is 0.668. The van der Waals surface area contributed by atoms with E-state index in [-0.39, 0.29) is 5.97 Å². The molecule has 0 unspecified atom stereocenters. The molecule has 1 heterocycles. The smallest absolute Gasteiger partial charge is 0.305 e. The van der Waals surface area contributed by atoms with E-state index in [1.165, 1.54) is 7.11 Å². The molecule has 14 heavy (non-hydrogen) atoms. The fourth-order valence-corrected chi connectivity index (χ4v) is 1.24. The molecule has 0 aliphatic carbocycles. The summed E-state index contributed by atoms with van der Waals surface area (Å²) in [5.41, 5.74) is 7.52. The average molecular weight is 197 g/mol. The second-order valence-corrected chi connectivity index (χ2v) is 3.01. The largest absolute Gasteiger partial charge is 0.469 e. The Morgan fingerprint density at radius 2 is 2.50 bits per heavy atom. The summed E-state index contributed by atoms with van der Waals surface area (Å²) >= 11 is 0. The molecule has 0 fully saturated rings. The third-order valence-corrected chi connectivity index (χ3v) is 2.06. The van der Waals surface area contributed by atoms with E-state index < -0.39 is 0 Å². The predicted molar refractivity (Wildman–Crippen MR) is 51.4 cm³/mol. The molecule has 0 atom stereocenters. The van der Waals surface area contributed by atoms with Gasteiger partial charge in [0.1, 0.15) is 0 Å². The van der Waals surface area contributed by atoms with E-state index in [0.717, 1.165) is 24.1 Å². The van der Waals surface area contributed by atoms with E-state index in [9.17, 15) is 4.79 Å². The first kappa shape index (κ1) is 10.7. The van der Waals surface area contributed by atoms with E-state index in [4.69, 9.17) is 5.73 Å². The lowest BCUT2D eigenvalue weighted by Gasteiger charge is -2.00. The van der Waals surface area contributed by atoms with Crippen molar-refractivity contribution in [1.29, 1.82) is 0 Å². The fourth-order valence-electron chi connectivity index (χ4n) is 1.24. The van der Waals surface area contributed by atoms with Gasteiger partial charge in [0, 0.05) is 24.2 Å². The summed E-state index contributed by atoms with van der Waals surface area (Å²) < 4.78 is 4.54. The number of nitrogens with two attached hydrogens (primary N) is 1. The minimum atomic E-state index is -0.182. The van der Waals surface area contributed by atoms with Crippen molar-refractivity contribution in [3.8, 4) is 0 Å². The summed E-state index contributed by atoms with van der Waals surface area (Å²) in [5, 5.41) is 6.76. The van der Waals surface area contributed by atoms with Crippen LogP contribution in [0.1, 0.15) is 24.1 Å². The van der Waals surface area contributed by atoms with Gasteiger partial charge in [0.2, 0.25) is 0 Å². The van der Waals surface area contributed by atoms with E-state index in [1.807, 2.05) is 0 Å². The van der Waals surface area contributed by atoms with Crippen molar-refractivity contribution in [3.05, 3.63) is 17.5 Å². The number of ether oxygens (including phenoxy) is 1. The van der Waals surface area contributed by atoms with Crippen molar-refractivity contribution < 1.29 is 9.53 Å². The first-order chi connectivity index (χ1) is 6.77. The third-order valence-electron chi connectivity index (χ3n) is 2.06. The van der Waals surface area contributed by atoms with Crippen LogP contribution in [0.2, 0.25) is 0 Å². The molecule has 0 amide bonds. The molecular weight excluding hydrogens is 182 g/mol. The fraction of sp³-hybridized carbons (Fsp3) is 0.556. The summed E-state index contributed by atoms with van der Waals surface area (Å²) in [5.74, 6) is -0.182. The molecule has 0 aliphatic rings. The highest BCUT2D eigenvalue weighted by Gasteiger charge is 2.05. The molecule has 0 bridgehead atoms. The Hall–Kier alpha value is -1.36. The van der Waals surface area contributed by atoms with Gasteiger partial charge in [-0.3, -0.25) is 9.89 Å². The van der Waals surface area contributed by atoms with Gasteiger partial charge < -0.3 is 10.5 Å².